The minimum absolute atomic E-state index is 0.183. The molecule has 2 N–H and O–H groups in total. The Morgan fingerprint density at radius 2 is 1.88 bits per heavy atom. The van der Waals surface area contributed by atoms with E-state index in [0.717, 1.165) is 15.6 Å². The van der Waals surface area contributed by atoms with E-state index >= 15 is 0 Å². The molecule has 2 atom stereocenters. The van der Waals surface area contributed by atoms with Crippen molar-refractivity contribution in [2.45, 2.75) is 5.92 Å². The van der Waals surface area contributed by atoms with Crippen molar-refractivity contribution in [3.8, 4) is 0 Å². The summed E-state index contributed by atoms with van der Waals surface area (Å²) in [6.07, 6.45) is 5.09. The van der Waals surface area contributed by atoms with Crippen LogP contribution in [-0.2, 0) is 9.59 Å². The lowest BCUT2D eigenvalue weighted by Gasteiger charge is -2.15. The van der Waals surface area contributed by atoms with Gasteiger partial charge < -0.3 is 5.32 Å². The van der Waals surface area contributed by atoms with Crippen LogP contribution in [0.1, 0.15) is 17.0 Å². The van der Waals surface area contributed by atoms with Crippen LogP contribution in [0.2, 0.25) is 0 Å². The molecular weight excluding hydrogens is 394 g/mol. The van der Waals surface area contributed by atoms with E-state index in [1.54, 1.807) is 6.08 Å². The fraction of sp³-hybridized carbons (Fsp3) is 0.150. The Labute approximate surface area is 160 Å². The van der Waals surface area contributed by atoms with Crippen LogP contribution in [0, 0.1) is 5.92 Å². The normalized spacial score (nSPS) is 19.8. The Bertz CT molecular complexity index is 832. The van der Waals surface area contributed by atoms with E-state index in [0.29, 0.717) is 6.54 Å². The molecule has 132 valence electrons. The number of benzene rings is 2. The Kier molecular flexibility index (Phi) is 5.96. The Hall–Kier alpha value is -2.73. The zero-order valence-electron chi connectivity index (χ0n) is 13.9. The number of carbonyl (C=O) groups excluding carboxylic acids is 2. The van der Waals surface area contributed by atoms with E-state index in [2.05, 4.69) is 31.8 Å². The van der Waals surface area contributed by atoms with Crippen molar-refractivity contribution < 1.29 is 9.59 Å². The van der Waals surface area contributed by atoms with Gasteiger partial charge in [0, 0.05) is 23.1 Å². The molecule has 1 aliphatic heterocycles. The number of amides is 2. The maximum absolute atomic E-state index is 12.4. The van der Waals surface area contributed by atoms with Gasteiger partial charge in [0.25, 0.3) is 5.91 Å². The predicted molar refractivity (Wildman–Crippen MR) is 105 cm³/mol. The lowest BCUT2D eigenvalue weighted by Crippen LogP contribution is -2.34. The molecule has 1 heterocycles. The summed E-state index contributed by atoms with van der Waals surface area (Å²) in [5.41, 5.74) is 4.44. The number of hydrogen-bond acceptors (Lipinski definition) is 3. The summed E-state index contributed by atoms with van der Waals surface area (Å²) < 4.78 is 1.01. The zero-order chi connectivity index (χ0) is 18.4. The zero-order valence-corrected chi connectivity index (χ0v) is 15.5. The van der Waals surface area contributed by atoms with Crippen LogP contribution >= 0.6 is 15.9 Å². The van der Waals surface area contributed by atoms with Gasteiger partial charge in [0.2, 0.25) is 5.91 Å². The molecule has 2 aromatic rings. The van der Waals surface area contributed by atoms with Gasteiger partial charge in [-0.3, -0.25) is 9.59 Å². The molecule has 3 rings (SSSR count). The van der Waals surface area contributed by atoms with Crippen LogP contribution in [0.15, 0.2) is 70.2 Å². The maximum Gasteiger partial charge on any atom is 0.253 e. The number of rotatable bonds is 5. The number of nitrogens with zero attached hydrogens (tertiary/aromatic N) is 1. The van der Waals surface area contributed by atoms with E-state index < -0.39 is 11.8 Å². The Morgan fingerprint density at radius 3 is 2.62 bits per heavy atom. The molecule has 2 aromatic carbocycles. The van der Waals surface area contributed by atoms with Crippen molar-refractivity contribution in [1.82, 2.24) is 10.7 Å². The number of allylic oxidation sites excluding steroid dienone is 1. The highest BCUT2D eigenvalue weighted by Gasteiger charge is 2.40. The monoisotopic (exact) mass is 411 g/mol. The highest BCUT2D eigenvalue weighted by Crippen LogP contribution is 2.28. The van der Waals surface area contributed by atoms with E-state index in [1.165, 1.54) is 6.21 Å². The summed E-state index contributed by atoms with van der Waals surface area (Å²) in [6.45, 7) is 0.452. The van der Waals surface area contributed by atoms with Gasteiger partial charge in [-0.15, -0.1) is 0 Å². The molecule has 1 saturated heterocycles. The third kappa shape index (κ3) is 4.46. The molecule has 1 aliphatic rings. The van der Waals surface area contributed by atoms with Crippen molar-refractivity contribution >= 4 is 40.0 Å². The first kappa shape index (κ1) is 18.1. The number of nitrogens with one attached hydrogen (secondary N) is 2. The fourth-order valence-corrected chi connectivity index (χ4v) is 3.14. The van der Waals surface area contributed by atoms with E-state index in [4.69, 9.17) is 0 Å². The highest BCUT2D eigenvalue weighted by molar-refractivity contribution is 9.10. The molecule has 26 heavy (non-hydrogen) atoms. The molecule has 0 spiro atoms. The average molecular weight is 412 g/mol. The molecule has 2 amide bonds. The third-order valence-electron chi connectivity index (χ3n) is 4.19. The van der Waals surface area contributed by atoms with Gasteiger partial charge in [0.15, 0.2) is 0 Å². The van der Waals surface area contributed by atoms with Gasteiger partial charge in [-0.05, 0) is 29.3 Å². The third-order valence-corrected chi connectivity index (χ3v) is 4.71. The van der Waals surface area contributed by atoms with E-state index in [9.17, 15) is 9.59 Å². The lowest BCUT2D eigenvalue weighted by atomic mass is 9.88. The van der Waals surface area contributed by atoms with Crippen LogP contribution in [-0.4, -0.2) is 24.6 Å². The van der Waals surface area contributed by atoms with Crippen molar-refractivity contribution in [3.05, 3.63) is 76.3 Å². The standard InChI is InChI=1S/C20H18BrN3O2/c21-16-10-8-14(9-11-16)5-4-12-23-24-20(26)18-17(13-22-19(18)25)15-6-2-1-3-7-15/h1-12,17-18H,13H2,(H,22,25)(H,24,26)/t17-,18+/m0/s1. The molecule has 1 fully saturated rings. The highest BCUT2D eigenvalue weighted by atomic mass is 79.9. The SMILES string of the molecule is O=C1NC[C@@H](c2ccccc2)[C@H]1C(=O)NN=CC=Cc1ccc(Br)cc1. The fourth-order valence-electron chi connectivity index (χ4n) is 2.87. The summed E-state index contributed by atoms with van der Waals surface area (Å²) in [6, 6.07) is 17.4. The minimum Gasteiger partial charge on any atom is -0.355 e. The van der Waals surface area contributed by atoms with Crippen molar-refractivity contribution in [1.29, 1.82) is 0 Å². The first-order valence-corrected chi connectivity index (χ1v) is 9.02. The molecule has 6 heteroatoms. The number of hydrogen-bond donors (Lipinski definition) is 2. The molecule has 0 bridgehead atoms. The molecule has 0 radical (unpaired) electrons. The number of carbonyl (C=O) groups is 2. The average Bonchev–Trinajstić information content (AvgIpc) is 3.05. The van der Waals surface area contributed by atoms with Crippen molar-refractivity contribution in [2.75, 3.05) is 6.54 Å². The van der Waals surface area contributed by atoms with Gasteiger partial charge in [0.05, 0.1) is 0 Å². The molecule has 0 unspecified atom stereocenters. The summed E-state index contributed by atoms with van der Waals surface area (Å²) in [5, 5.41) is 6.67. The predicted octanol–water partition coefficient (Wildman–Crippen LogP) is 3.09. The summed E-state index contributed by atoms with van der Waals surface area (Å²) in [4.78, 5) is 24.5. The smallest absolute Gasteiger partial charge is 0.253 e. The Balaban J connectivity index is 1.59. The molecular formula is C20H18BrN3O2. The summed E-state index contributed by atoms with van der Waals surface area (Å²) in [5.74, 6) is -1.62. The second-order valence-corrected chi connectivity index (χ2v) is 6.82. The molecule has 5 nitrogen and oxygen atoms in total. The topological polar surface area (TPSA) is 70.6 Å². The second-order valence-electron chi connectivity index (χ2n) is 5.90. The first-order valence-electron chi connectivity index (χ1n) is 8.23. The molecule has 0 aliphatic carbocycles. The second kappa shape index (κ2) is 8.58. The van der Waals surface area contributed by atoms with Crippen LogP contribution in [0.5, 0.6) is 0 Å². The summed E-state index contributed by atoms with van der Waals surface area (Å²) in [7, 11) is 0. The van der Waals surface area contributed by atoms with Crippen molar-refractivity contribution in [2.24, 2.45) is 11.0 Å². The van der Waals surface area contributed by atoms with Gasteiger partial charge in [0.1, 0.15) is 5.92 Å². The van der Waals surface area contributed by atoms with Gasteiger partial charge in [-0.25, -0.2) is 5.43 Å². The van der Waals surface area contributed by atoms with Gasteiger partial charge in [-0.2, -0.15) is 5.10 Å². The van der Waals surface area contributed by atoms with Crippen LogP contribution < -0.4 is 10.7 Å². The van der Waals surface area contributed by atoms with Crippen LogP contribution in [0.3, 0.4) is 0 Å². The summed E-state index contributed by atoms with van der Waals surface area (Å²) >= 11 is 3.38. The molecule has 0 aromatic heterocycles. The number of halogens is 1. The van der Waals surface area contributed by atoms with Crippen LogP contribution in [0.25, 0.3) is 6.08 Å². The van der Waals surface area contributed by atoms with Crippen molar-refractivity contribution in [3.63, 3.8) is 0 Å². The van der Waals surface area contributed by atoms with E-state index in [1.807, 2.05) is 60.7 Å². The lowest BCUT2D eigenvalue weighted by molar-refractivity contribution is -0.133. The minimum atomic E-state index is -0.773. The molecule has 0 saturated carbocycles. The number of hydrazone groups is 1. The van der Waals surface area contributed by atoms with Gasteiger partial charge in [-0.1, -0.05) is 64.5 Å². The van der Waals surface area contributed by atoms with Gasteiger partial charge >= 0.3 is 0 Å². The maximum atomic E-state index is 12.4. The Morgan fingerprint density at radius 1 is 1.15 bits per heavy atom. The van der Waals surface area contributed by atoms with Crippen LogP contribution in [0.4, 0.5) is 0 Å². The first-order chi connectivity index (χ1) is 12.6. The largest absolute Gasteiger partial charge is 0.355 e. The van der Waals surface area contributed by atoms with E-state index in [-0.39, 0.29) is 11.8 Å². The quantitative estimate of drug-likeness (QED) is 0.450.